The summed E-state index contributed by atoms with van der Waals surface area (Å²) < 4.78 is 5.06. The number of aliphatic hydroxyl groups is 1. The molecule has 1 aromatic rings. The van der Waals surface area contributed by atoms with Crippen molar-refractivity contribution < 1.29 is 24.5 Å². The van der Waals surface area contributed by atoms with Crippen molar-refractivity contribution in [3.63, 3.8) is 0 Å². The maximum atomic E-state index is 12.5. The zero-order valence-electron chi connectivity index (χ0n) is 16.6. The summed E-state index contributed by atoms with van der Waals surface area (Å²) in [6.45, 7) is 0.800. The molecule has 0 saturated carbocycles. The van der Waals surface area contributed by atoms with Crippen LogP contribution >= 0.6 is 0 Å². The number of carboxylic acids is 1. The fourth-order valence-corrected chi connectivity index (χ4v) is 3.79. The number of carbonyl (C=O) groups excluding carboxylic acids is 1. The second kappa shape index (κ2) is 12.5. The molecular formula is C22H33NO5. The Morgan fingerprint density at radius 2 is 2.00 bits per heavy atom. The van der Waals surface area contributed by atoms with Gasteiger partial charge in [0.1, 0.15) is 6.61 Å². The molecule has 1 aliphatic heterocycles. The third-order valence-electron chi connectivity index (χ3n) is 5.25. The highest BCUT2D eigenvalue weighted by Gasteiger charge is 2.26. The Balaban J connectivity index is 1.77. The zero-order chi connectivity index (χ0) is 20.2. The second-order valence-electron chi connectivity index (χ2n) is 7.56. The van der Waals surface area contributed by atoms with Crippen LogP contribution in [0.4, 0.5) is 0 Å². The Kier molecular flexibility index (Phi) is 10.0. The molecule has 0 radical (unpaired) electrons. The van der Waals surface area contributed by atoms with Gasteiger partial charge in [0.2, 0.25) is 5.91 Å². The van der Waals surface area contributed by atoms with Crippen LogP contribution in [0.2, 0.25) is 0 Å². The first-order valence-electron chi connectivity index (χ1n) is 10.4. The van der Waals surface area contributed by atoms with Gasteiger partial charge in [-0.2, -0.15) is 0 Å². The molecule has 28 heavy (non-hydrogen) atoms. The van der Waals surface area contributed by atoms with Crippen LogP contribution < -0.4 is 0 Å². The molecule has 1 amide bonds. The van der Waals surface area contributed by atoms with Crippen LogP contribution in [0.5, 0.6) is 0 Å². The minimum atomic E-state index is -0.961. The van der Waals surface area contributed by atoms with Gasteiger partial charge >= 0.3 is 5.97 Å². The summed E-state index contributed by atoms with van der Waals surface area (Å²) in [5.41, 5.74) is 1.13. The van der Waals surface area contributed by atoms with Crippen molar-refractivity contribution in [2.45, 2.75) is 69.9 Å². The lowest BCUT2D eigenvalue weighted by Crippen LogP contribution is -2.40. The first kappa shape index (κ1) is 22.4. The van der Waals surface area contributed by atoms with Crippen molar-refractivity contribution in [1.82, 2.24) is 4.90 Å². The highest BCUT2D eigenvalue weighted by Crippen LogP contribution is 2.23. The van der Waals surface area contributed by atoms with Crippen molar-refractivity contribution in [3.8, 4) is 0 Å². The summed E-state index contributed by atoms with van der Waals surface area (Å²) in [5.74, 6) is -0.761. The van der Waals surface area contributed by atoms with Gasteiger partial charge in [-0.1, -0.05) is 36.8 Å². The maximum absolute atomic E-state index is 12.5. The van der Waals surface area contributed by atoms with Gasteiger partial charge in [-0.15, -0.1) is 0 Å². The van der Waals surface area contributed by atoms with Crippen LogP contribution in [0, 0.1) is 0 Å². The molecule has 1 aliphatic rings. The van der Waals surface area contributed by atoms with Gasteiger partial charge in [0.15, 0.2) is 0 Å². The van der Waals surface area contributed by atoms with Crippen LogP contribution in [0.15, 0.2) is 30.3 Å². The van der Waals surface area contributed by atoms with Crippen LogP contribution in [0.1, 0.15) is 56.9 Å². The Labute approximate surface area is 167 Å². The number of aliphatic carboxylic acids is 1. The van der Waals surface area contributed by atoms with E-state index in [0.717, 1.165) is 44.1 Å². The van der Waals surface area contributed by atoms with E-state index >= 15 is 0 Å². The maximum Gasteiger partial charge on any atom is 0.329 e. The Bertz CT molecular complexity index is 592. The number of hydrogen-bond donors (Lipinski definition) is 2. The van der Waals surface area contributed by atoms with Gasteiger partial charge < -0.3 is 19.8 Å². The lowest BCUT2D eigenvalue weighted by molar-refractivity contribution is -0.142. The van der Waals surface area contributed by atoms with E-state index in [-0.39, 0.29) is 18.6 Å². The number of likely N-dealkylation sites (tertiary alicyclic amines) is 1. The molecule has 0 spiro atoms. The largest absolute Gasteiger partial charge is 0.480 e. The number of carbonyl (C=O) groups is 2. The van der Waals surface area contributed by atoms with Crippen molar-refractivity contribution in [3.05, 3.63) is 35.9 Å². The molecule has 0 bridgehead atoms. The number of amides is 1. The molecule has 2 rings (SSSR count). The van der Waals surface area contributed by atoms with E-state index in [1.165, 1.54) is 0 Å². The predicted octanol–water partition coefficient (Wildman–Crippen LogP) is 3.02. The third-order valence-corrected chi connectivity index (χ3v) is 5.25. The molecule has 1 aromatic carbocycles. The molecule has 156 valence electrons. The highest BCUT2D eigenvalue weighted by molar-refractivity contribution is 5.76. The quantitative estimate of drug-likeness (QED) is 0.535. The fourth-order valence-electron chi connectivity index (χ4n) is 3.79. The Morgan fingerprint density at radius 1 is 1.21 bits per heavy atom. The van der Waals surface area contributed by atoms with Crippen LogP contribution in [0.25, 0.3) is 0 Å². The molecule has 1 heterocycles. The normalized spacial score (nSPS) is 18.7. The van der Waals surface area contributed by atoms with E-state index in [0.29, 0.717) is 32.4 Å². The first-order chi connectivity index (χ1) is 13.6. The first-order valence-corrected chi connectivity index (χ1v) is 10.4. The van der Waals surface area contributed by atoms with Gasteiger partial charge in [-0.05, 0) is 50.5 Å². The van der Waals surface area contributed by atoms with E-state index in [4.69, 9.17) is 9.84 Å². The van der Waals surface area contributed by atoms with E-state index in [1.807, 2.05) is 35.2 Å². The summed E-state index contributed by atoms with van der Waals surface area (Å²) in [7, 11) is 0. The van der Waals surface area contributed by atoms with Gasteiger partial charge in [0, 0.05) is 25.6 Å². The zero-order valence-corrected chi connectivity index (χ0v) is 16.6. The molecule has 6 nitrogen and oxygen atoms in total. The van der Waals surface area contributed by atoms with E-state index < -0.39 is 12.1 Å². The fraction of sp³-hybridized carbons (Fsp3) is 0.636. The number of hydrogen-bond acceptors (Lipinski definition) is 4. The van der Waals surface area contributed by atoms with E-state index in [2.05, 4.69) is 0 Å². The number of benzene rings is 1. The average Bonchev–Trinajstić information content (AvgIpc) is 2.85. The average molecular weight is 392 g/mol. The lowest BCUT2D eigenvalue weighted by atomic mass is 9.98. The predicted molar refractivity (Wildman–Crippen MR) is 107 cm³/mol. The molecule has 1 fully saturated rings. The molecule has 1 unspecified atom stereocenters. The Morgan fingerprint density at radius 3 is 2.75 bits per heavy atom. The minimum absolute atomic E-state index is 0.181. The van der Waals surface area contributed by atoms with Gasteiger partial charge in [-0.3, -0.25) is 4.79 Å². The van der Waals surface area contributed by atoms with Crippen LogP contribution in [-0.4, -0.2) is 58.9 Å². The highest BCUT2D eigenvalue weighted by atomic mass is 16.5. The van der Waals surface area contributed by atoms with Crippen molar-refractivity contribution in [1.29, 1.82) is 0 Å². The number of nitrogens with zero attached hydrogens (tertiary/aromatic N) is 1. The third kappa shape index (κ3) is 8.40. The molecule has 1 saturated heterocycles. The molecule has 2 atom stereocenters. The van der Waals surface area contributed by atoms with Crippen molar-refractivity contribution in [2.24, 2.45) is 0 Å². The number of ether oxygens (including phenoxy) is 1. The summed E-state index contributed by atoms with van der Waals surface area (Å²) in [6.07, 6.45) is 6.84. The Hall–Kier alpha value is -1.92. The van der Waals surface area contributed by atoms with Gasteiger partial charge in [0.05, 0.1) is 6.10 Å². The molecule has 0 aromatic heterocycles. The smallest absolute Gasteiger partial charge is 0.329 e. The van der Waals surface area contributed by atoms with Crippen LogP contribution in [0.3, 0.4) is 0 Å². The molecule has 2 N–H and O–H groups in total. The second-order valence-corrected chi connectivity index (χ2v) is 7.56. The number of unbranched alkanes of at least 4 members (excludes halogenated alkanes) is 1. The number of carboxylic acid groups (broad SMARTS) is 1. The number of rotatable bonds is 12. The number of aliphatic hydroxyl groups excluding tert-OH is 1. The topological polar surface area (TPSA) is 87.1 Å². The summed E-state index contributed by atoms with van der Waals surface area (Å²) in [5, 5.41) is 19.0. The van der Waals surface area contributed by atoms with Gasteiger partial charge in [0.25, 0.3) is 0 Å². The SMILES string of the molecule is O=C(O)COCCCCN1C(=O)CCCC[C@@H]1CCC(O)Cc1ccccc1. The van der Waals surface area contributed by atoms with Crippen molar-refractivity contribution in [2.75, 3.05) is 19.8 Å². The van der Waals surface area contributed by atoms with E-state index in [1.54, 1.807) is 0 Å². The standard InChI is InChI=1S/C22H33NO5/c24-20(16-18-8-2-1-3-9-18)13-12-19-10-4-5-11-21(25)23(19)14-6-7-15-28-17-22(26)27/h1-3,8-9,19-20,24H,4-7,10-17H2,(H,26,27)/t19-,20?/m1/s1. The monoisotopic (exact) mass is 391 g/mol. The molecule has 0 aliphatic carbocycles. The summed E-state index contributed by atoms with van der Waals surface area (Å²) in [4.78, 5) is 25.0. The van der Waals surface area contributed by atoms with Crippen molar-refractivity contribution >= 4 is 11.9 Å². The van der Waals surface area contributed by atoms with Crippen LogP contribution in [-0.2, 0) is 20.7 Å². The summed E-state index contributed by atoms with van der Waals surface area (Å²) in [6, 6.07) is 10.2. The van der Waals surface area contributed by atoms with E-state index in [9.17, 15) is 14.7 Å². The minimum Gasteiger partial charge on any atom is -0.480 e. The lowest BCUT2D eigenvalue weighted by Gasteiger charge is -2.31. The molecule has 6 heteroatoms. The molecular weight excluding hydrogens is 358 g/mol. The summed E-state index contributed by atoms with van der Waals surface area (Å²) >= 11 is 0. The van der Waals surface area contributed by atoms with Gasteiger partial charge in [-0.25, -0.2) is 4.79 Å².